The molecule has 4 bridgehead atoms. The number of fused-ring (bicyclic) bond motifs is 1. The van der Waals surface area contributed by atoms with E-state index in [9.17, 15) is 14.7 Å². The first-order valence-electron chi connectivity index (χ1n) is 11.1. The number of ether oxygens (including phenoxy) is 2. The molecular weight excluding hydrogens is 434 g/mol. The van der Waals surface area contributed by atoms with Gasteiger partial charge in [0.1, 0.15) is 18.2 Å². The second kappa shape index (κ2) is 6.88. The minimum absolute atomic E-state index is 0.0509. The summed E-state index contributed by atoms with van der Waals surface area (Å²) in [6.07, 6.45) is 6.03. The number of benzene rings is 1. The summed E-state index contributed by atoms with van der Waals surface area (Å²) >= 11 is 6.52. The van der Waals surface area contributed by atoms with Crippen molar-refractivity contribution in [3.05, 3.63) is 39.8 Å². The van der Waals surface area contributed by atoms with Gasteiger partial charge in [-0.25, -0.2) is 4.68 Å². The van der Waals surface area contributed by atoms with Crippen LogP contribution in [0.1, 0.15) is 38.5 Å². The highest BCUT2D eigenvalue weighted by Gasteiger charge is 2.62. The number of carbonyl (C=O) groups is 1. The lowest BCUT2D eigenvalue weighted by molar-refractivity contribution is -0.173. The van der Waals surface area contributed by atoms with E-state index in [1.807, 2.05) is 6.07 Å². The summed E-state index contributed by atoms with van der Waals surface area (Å²) in [5.41, 5.74) is -0.591. The summed E-state index contributed by atoms with van der Waals surface area (Å²) in [4.78, 5) is 25.5. The number of hydrogen-bond acceptors (Lipinski definition) is 6. The van der Waals surface area contributed by atoms with E-state index in [4.69, 9.17) is 21.1 Å². The van der Waals surface area contributed by atoms with Crippen LogP contribution in [0.4, 0.5) is 11.4 Å². The van der Waals surface area contributed by atoms with E-state index >= 15 is 0 Å². The van der Waals surface area contributed by atoms with Gasteiger partial charge < -0.3 is 19.9 Å². The quantitative estimate of drug-likeness (QED) is 0.719. The van der Waals surface area contributed by atoms with Crippen molar-refractivity contribution in [1.29, 1.82) is 0 Å². The summed E-state index contributed by atoms with van der Waals surface area (Å²) in [6.45, 7) is 0.997. The first-order valence-corrected chi connectivity index (χ1v) is 11.4. The monoisotopic (exact) mass is 457 g/mol. The van der Waals surface area contributed by atoms with Gasteiger partial charge in [0.05, 0.1) is 22.8 Å². The lowest BCUT2D eigenvalue weighted by Gasteiger charge is -2.60. The maximum atomic E-state index is 13.3. The van der Waals surface area contributed by atoms with Gasteiger partial charge >= 0.3 is 5.97 Å². The van der Waals surface area contributed by atoms with Crippen LogP contribution in [0.15, 0.2) is 29.2 Å². The van der Waals surface area contributed by atoms with Gasteiger partial charge in [-0.15, -0.1) is 0 Å². The highest BCUT2D eigenvalue weighted by molar-refractivity contribution is 6.33. The van der Waals surface area contributed by atoms with Crippen LogP contribution in [0, 0.1) is 17.3 Å². The molecular formula is C23H24ClN3O5. The predicted octanol–water partition coefficient (Wildman–Crippen LogP) is 3.79. The van der Waals surface area contributed by atoms with Crippen LogP contribution >= 0.6 is 11.6 Å². The average molecular weight is 458 g/mol. The molecule has 4 saturated carbocycles. The number of halogens is 1. The van der Waals surface area contributed by atoms with E-state index in [-0.39, 0.29) is 10.6 Å². The van der Waals surface area contributed by atoms with Crippen molar-refractivity contribution < 1.29 is 19.4 Å². The fourth-order valence-electron chi connectivity index (χ4n) is 6.85. The Kier molecular flexibility index (Phi) is 4.28. The Morgan fingerprint density at radius 1 is 1.16 bits per heavy atom. The molecule has 2 heterocycles. The third kappa shape index (κ3) is 2.92. The van der Waals surface area contributed by atoms with Crippen LogP contribution in [-0.4, -0.2) is 34.1 Å². The van der Waals surface area contributed by atoms with Gasteiger partial charge in [0.2, 0.25) is 0 Å². The van der Waals surface area contributed by atoms with Crippen LogP contribution in [-0.2, 0) is 10.3 Å². The normalized spacial score (nSPS) is 32.0. The van der Waals surface area contributed by atoms with Gasteiger partial charge in [-0.05, 0) is 62.5 Å². The molecule has 4 aliphatic carbocycles. The second-order valence-electron chi connectivity index (χ2n) is 9.84. The van der Waals surface area contributed by atoms with Crippen LogP contribution in [0.5, 0.6) is 11.5 Å². The molecule has 7 rings (SSSR count). The predicted molar refractivity (Wildman–Crippen MR) is 117 cm³/mol. The lowest BCUT2D eigenvalue weighted by Crippen LogP contribution is -2.61. The zero-order valence-electron chi connectivity index (χ0n) is 17.5. The lowest BCUT2D eigenvalue weighted by atomic mass is 9.47. The largest absolute Gasteiger partial charge is 0.486 e. The summed E-state index contributed by atoms with van der Waals surface area (Å²) < 4.78 is 12.6. The van der Waals surface area contributed by atoms with E-state index in [0.717, 1.165) is 19.3 Å². The number of nitrogens with zero attached hydrogens (tertiary/aromatic N) is 2. The fourth-order valence-corrected chi connectivity index (χ4v) is 7.02. The molecule has 0 amide bonds. The van der Waals surface area contributed by atoms with Crippen LogP contribution in [0.3, 0.4) is 0 Å². The van der Waals surface area contributed by atoms with E-state index in [1.165, 1.54) is 4.68 Å². The topological polar surface area (TPSA) is 103 Å². The number of rotatable bonds is 4. The molecule has 2 unspecified atom stereocenters. The number of hydrogen-bond donors (Lipinski definition) is 2. The van der Waals surface area contributed by atoms with Gasteiger partial charge in [-0.1, -0.05) is 11.6 Å². The molecule has 1 aromatic heterocycles. The van der Waals surface area contributed by atoms with Gasteiger partial charge in [0, 0.05) is 11.8 Å². The Morgan fingerprint density at radius 3 is 2.59 bits per heavy atom. The van der Waals surface area contributed by atoms with Crippen molar-refractivity contribution in [1.82, 2.24) is 9.78 Å². The molecule has 9 heteroatoms. The third-order valence-electron chi connectivity index (χ3n) is 7.67. The minimum atomic E-state index is -0.750. The molecule has 5 aliphatic rings. The number of anilines is 2. The summed E-state index contributed by atoms with van der Waals surface area (Å²) in [7, 11) is 0. The molecule has 2 N–H and O–H groups in total. The summed E-state index contributed by atoms with van der Waals surface area (Å²) in [6, 6.07) is 5.43. The Balaban J connectivity index is 1.34. The van der Waals surface area contributed by atoms with Gasteiger partial charge in [0.25, 0.3) is 5.56 Å². The summed E-state index contributed by atoms with van der Waals surface area (Å²) in [5.74, 6) is 1.19. The Labute approximate surface area is 189 Å². The highest BCUT2D eigenvalue weighted by atomic mass is 35.5. The number of carboxylic acids is 1. The second-order valence-corrected chi connectivity index (χ2v) is 10.2. The molecule has 1 aliphatic heterocycles. The number of carboxylic acid groups (broad SMARTS) is 1. The maximum absolute atomic E-state index is 13.3. The SMILES string of the molecule is O=C(O)C12C[C@H]3C[C@@H](C1)CC(n1ncc(Nc4ccc5c(c4)OCCO5)c(Cl)c1=O)(C3)C2. The zero-order valence-corrected chi connectivity index (χ0v) is 18.2. The Hall–Kier alpha value is -2.74. The Morgan fingerprint density at radius 2 is 1.88 bits per heavy atom. The van der Waals surface area contributed by atoms with Crippen molar-refractivity contribution in [2.75, 3.05) is 18.5 Å². The van der Waals surface area contributed by atoms with Gasteiger partial charge in [0.15, 0.2) is 11.5 Å². The fraction of sp³-hybridized carbons (Fsp3) is 0.522. The van der Waals surface area contributed by atoms with E-state index in [1.54, 1.807) is 18.3 Å². The molecule has 0 saturated heterocycles. The number of aromatic nitrogens is 2. The molecule has 168 valence electrons. The molecule has 1 aromatic carbocycles. The molecule has 4 fully saturated rings. The zero-order chi connectivity index (χ0) is 22.1. The van der Waals surface area contributed by atoms with E-state index < -0.39 is 16.9 Å². The minimum Gasteiger partial charge on any atom is -0.486 e. The van der Waals surface area contributed by atoms with Crippen molar-refractivity contribution in [3.63, 3.8) is 0 Å². The molecule has 2 aromatic rings. The van der Waals surface area contributed by atoms with E-state index in [0.29, 0.717) is 67.2 Å². The number of aliphatic carboxylic acids is 1. The Bertz CT molecular complexity index is 1160. The molecule has 0 radical (unpaired) electrons. The van der Waals surface area contributed by atoms with Crippen molar-refractivity contribution >= 4 is 28.9 Å². The van der Waals surface area contributed by atoms with Crippen LogP contribution in [0.2, 0.25) is 5.02 Å². The molecule has 32 heavy (non-hydrogen) atoms. The average Bonchev–Trinajstić information content (AvgIpc) is 2.76. The van der Waals surface area contributed by atoms with E-state index in [2.05, 4.69) is 10.4 Å². The van der Waals surface area contributed by atoms with Gasteiger partial charge in [-0.2, -0.15) is 5.10 Å². The number of nitrogens with one attached hydrogen (secondary N) is 1. The van der Waals surface area contributed by atoms with Gasteiger partial charge in [-0.3, -0.25) is 9.59 Å². The maximum Gasteiger partial charge on any atom is 0.309 e. The highest BCUT2D eigenvalue weighted by Crippen LogP contribution is 2.64. The molecule has 4 atom stereocenters. The van der Waals surface area contributed by atoms with Crippen molar-refractivity contribution in [2.45, 2.75) is 44.1 Å². The third-order valence-corrected chi connectivity index (χ3v) is 8.04. The van der Waals surface area contributed by atoms with Crippen LogP contribution < -0.4 is 20.3 Å². The first-order chi connectivity index (χ1) is 15.4. The molecule has 8 nitrogen and oxygen atoms in total. The first kappa shape index (κ1) is 19.9. The smallest absolute Gasteiger partial charge is 0.309 e. The summed E-state index contributed by atoms with van der Waals surface area (Å²) in [5, 5.41) is 17.7. The van der Waals surface area contributed by atoms with Crippen LogP contribution in [0.25, 0.3) is 0 Å². The molecule has 0 spiro atoms. The van der Waals surface area contributed by atoms with Crippen molar-refractivity contribution in [3.8, 4) is 11.5 Å². The van der Waals surface area contributed by atoms with Crippen molar-refractivity contribution in [2.24, 2.45) is 17.3 Å². The standard InChI is InChI=1S/C23H24ClN3O5/c24-19-16(26-15-1-2-17-18(6-15)32-4-3-31-17)11-25-27(20(19)28)23-9-13-5-14(10-23)8-22(7-13,12-23)21(29)30/h1-2,6,11,13-14,26H,3-5,7-10,12H2,(H,29,30)/t13-,14+,22?,23?.